The van der Waals surface area contributed by atoms with E-state index in [9.17, 15) is 18.0 Å². The van der Waals surface area contributed by atoms with Gasteiger partial charge in [0, 0.05) is 44.3 Å². The number of aromatic nitrogens is 2. The Morgan fingerprint density at radius 2 is 1.67 bits per heavy atom. The molecule has 1 aromatic carbocycles. The summed E-state index contributed by atoms with van der Waals surface area (Å²) in [5.74, 6) is 1.23. The number of nitrogens with one attached hydrogen (secondary N) is 3. The van der Waals surface area contributed by atoms with Crippen LogP contribution >= 0.6 is 24.8 Å². The van der Waals surface area contributed by atoms with Crippen LogP contribution in [0.25, 0.3) is 11.3 Å². The van der Waals surface area contributed by atoms with Crippen molar-refractivity contribution in [2.75, 3.05) is 44.3 Å². The van der Waals surface area contributed by atoms with E-state index < -0.39 is 16.1 Å². The summed E-state index contributed by atoms with van der Waals surface area (Å²) >= 11 is 0. The topological polar surface area (TPSA) is 189 Å². The number of anilines is 1. The molecule has 0 spiro atoms. The maximum absolute atomic E-state index is 13.9. The lowest BCUT2D eigenvalue weighted by Gasteiger charge is -2.35. The number of guanidine groups is 1. The standard InChI is InChI=1S/C27H38N8O5S.2ClH/c1-41(39,40)34-12-8-17(9-13-34)20-14-23(35(16-20)25(36)19-6-10-33(11-7-19)26(28)29)24-30-15-22(32-24)18-2-4-21(5-3-18)31-27(37)38;;/h2-5,15,17,19-20,23,31H,6-14,16H2,1H3,(H3,28,29)(H,30,32)(H,37,38);2*1H/t20-,23-;;/m0../s1. The van der Waals surface area contributed by atoms with Crippen LogP contribution in [0.15, 0.2) is 30.5 Å². The first-order valence-electron chi connectivity index (χ1n) is 14.0. The van der Waals surface area contributed by atoms with Crippen LogP contribution in [0.3, 0.4) is 0 Å². The first-order chi connectivity index (χ1) is 19.5. The van der Waals surface area contributed by atoms with Gasteiger partial charge in [-0.05, 0) is 61.6 Å². The van der Waals surface area contributed by atoms with Crippen LogP contribution in [-0.2, 0) is 14.8 Å². The third kappa shape index (κ3) is 7.91. The molecule has 3 aliphatic heterocycles. The Hall–Kier alpha value is -3.07. The average Bonchev–Trinajstić information content (AvgIpc) is 3.60. The van der Waals surface area contributed by atoms with Crippen LogP contribution in [0.1, 0.15) is 44.0 Å². The summed E-state index contributed by atoms with van der Waals surface area (Å²) in [5.41, 5.74) is 7.74. The van der Waals surface area contributed by atoms with Crippen molar-refractivity contribution in [3.8, 4) is 11.3 Å². The number of halogens is 2. The van der Waals surface area contributed by atoms with E-state index in [1.165, 1.54) is 10.6 Å². The number of rotatable bonds is 6. The van der Waals surface area contributed by atoms with Crippen LogP contribution in [0.5, 0.6) is 0 Å². The van der Waals surface area contributed by atoms with Gasteiger partial charge in [0.2, 0.25) is 15.9 Å². The fourth-order valence-electron chi connectivity index (χ4n) is 6.50. The second kappa shape index (κ2) is 14.1. The van der Waals surface area contributed by atoms with E-state index in [1.54, 1.807) is 35.4 Å². The van der Waals surface area contributed by atoms with E-state index in [0.717, 1.165) is 30.5 Å². The van der Waals surface area contributed by atoms with Gasteiger partial charge >= 0.3 is 6.09 Å². The number of nitrogens with zero attached hydrogens (tertiary/aromatic N) is 4. The van der Waals surface area contributed by atoms with E-state index in [0.29, 0.717) is 63.0 Å². The van der Waals surface area contributed by atoms with Gasteiger partial charge in [-0.25, -0.2) is 22.5 Å². The molecular formula is C27H40Cl2N8O5S. The number of carbonyl (C=O) groups excluding carboxylic acids is 1. The van der Waals surface area contributed by atoms with Gasteiger partial charge in [0.15, 0.2) is 5.96 Å². The summed E-state index contributed by atoms with van der Waals surface area (Å²) in [4.78, 5) is 36.7. The molecule has 16 heteroatoms. The molecule has 2 aromatic rings. The molecule has 3 fully saturated rings. The van der Waals surface area contributed by atoms with Crippen molar-refractivity contribution in [1.82, 2.24) is 24.1 Å². The highest BCUT2D eigenvalue weighted by Gasteiger charge is 2.44. The van der Waals surface area contributed by atoms with Crippen molar-refractivity contribution in [2.24, 2.45) is 23.5 Å². The van der Waals surface area contributed by atoms with Gasteiger partial charge in [0.1, 0.15) is 5.82 Å². The zero-order valence-electron chi connectivity index (χ0n) is 23.9. The lowest BCUT2D eigenvalue weighted by atomic mass is 9.83. The lowest BCUT2D eigenvalue weighted by molar-refractivity contribution is -0.138. The molecule has 5 rings (SSSR count). The van der Waals surface area contributed by atoms with Gasteiger partial charge in [-0.3, -0.25) is 15.5 Å². The first-order valence-corrected chi connectivity index (χ1v) is 15.8. The molecule has 2 amide bonds. The number of hydrogen-bond donors (Lipinski definition) is 5. The Morgan fingerprint density at radius 1 is 1.05 bits per heavy atom. The van der Waals surface area contributed by atoms with Gasteiger partial charge in [-0.2, -0.15) is 0 Å². The van der Waals surface area contributed by atoms with Crippen LogP contribution < -0.4 is 11.1 Å². The van der Waals surface area contributed by atoms with Crippen LogP contribution in [0.2, 0.25) is 0 Å². The third-order valence-electron chi connectivity index (χ3n) is 8.79. The number of sulfonamides is 1. The maximum Gasteiger partial charge on any atom is 0.409 e. The summed E-state index contributed by atoms with van der Waals surface area (Å²) in [6, 6.07) is 6.75. The summed E-state index contributed by atoms with van der Waals surface area (Å²) < 4.78 is 25.6. The Kier molecular flexibility index (Phi) is 11.3. The molecule has 0 unspecified atom stereocenters. The summed E-state index contributed by atoms with van der Waals surface area (Å²) in [6.07, 6.45) is 5.42. The van der Waals surface area contributed by atoms with Gasteiger partial charge in [0.25, 0.3) is 0 Å². The minimum atomic E-state index is -3.22. The van der Waals surface area contributed by atoms with Crippen LogP contribution in [-0.4, -0.2) is 94.5 Å². The van der Waals surface area contributed by atoms with Crippen molar-refractivity contribution < 1.29 is 23.1 Å². The normalized spacial score (nSPS) is 22.0. The van der Waals surface area contributed by atoms with Gasteiger partial charge in [0.05, 0.1) is 24.2 Å². The molecular weight excluding hydrogens is 619 g/mol. The zero-order valence-corrected chi connectivity index (χ0v) is 26.4. The lowest BCUT2D eigenvalue weighted by Crippen LogP contribution is -2.46. The number of piperidine rings is 2. The van der Waals surface area contributed by atoms with E-state index in [2.05, 4.69) is 15.3 Å². The fourth-order valence-corrected chi connectivity index (χ4v) is 7.38. The van der Waals surface area contributed by atoms with Crippen molar-refractivity contribution >= 4 is 58.5 Å². The molecule has 238 valence electrons. The van der Waals surface area contributed by atoms with Gasteiger partial charge in [-0.15, -0.1) is 24.8 Å². The van der Waals surface area contributed by atoms with E-state index in [1.807, 2.05) is 4.90 Å². The zero-order chi connectivity index (χ0) is 29.3. The number of aromatic amines is 1. The number of likely N-dealkylation sites (tertiary alicyclic amines) is 2. The van der Waals surface area contributed by atoms with Gasteiger partial charge in [-0.1, -0.05) is 12.1 Å². The molecule has 0 saturated carbocycles. The molecule has 4 heterocycles. The number of carbonyl (C=O) groups is 2. The highest BCUT2D eigenvalue weighted by molar-refractivity contribution is 7.88. The van der Waals surface area contributed by atoms with Crippen molar-refractivity contribution in [2.45, 2.75) is 38.1 Å². The second-order valence-corrected chi connectivity index (χ2v) is 13.3. The molecule has 3 aliphatic rings. The monoisotopic (exact) mass is 658 g/mol. The number of H-pyrrole nitrogens is 1. The summed E-state index contributed by atoms with van der Waals surface area (Å²) in [5, 5.41) is 19.0. The predicted octanol–water partition coefficient (Wildman–Crippen LogP) is 3.18. The maximum atomic E-state index is 13.9. The molecule has 13 nitrogen and oxygen atoms in total. The molecule has 1 aromatic heterocycles. The third-order valence-corrected chi connectivity index (χ3v) is 10.1. The van der Waals surface area contributed by atoms with Crippen LogP contribution in [0, 0.1) is 23.2 Å². The minimum Gasteiger partial charge on any atom is -0.465 e. The van der Waals surface area contributed by atoms with E-state index in [-0.39, 0.29) is 54.6 Å². The fraction of sp³-hybridized carbons (Fsp3) is 0.556. The van der Waals surface area contributed by atoms with Crippen molar-refractivity contribution in [1.29, 1.82) is 5.41 Å². The van der Waals surface area contributed by atoms with Crippen LogP contribution in [0.4, 0.5) is 10.5 Å². The molecule has 0 radical (unpaired) electrons. The highest BCUT2D eigenvalue weighted by atomic mass is 35.5. The Balaban J connectivity index is 0.00000253. The molecule has 43 heavy (non-hydrogen) atoms. The Morgan fingerprint density at radius 3 is 2.23 bits per heavy atom. The summed E-state index contributed by atoms with van der Waals surface area (Å²) in [7, 11) is -3.22. The number of imidazole rings is 1. The highest BCUT2D eigenvalue weighted by Crippen LogP contribution is 2.42. The second-order valence-electron chi connectivity index (χ2n) is 11.3. The first kappa shape index (κ1) is 34.4. The van der Waals surface area contributed by atoms with Crippen molar-refractivity contribution in [3.63, 3.8) is 0 Å². The number of amides is 2. The molecule has 3 saturated heterocycles. The van der Waals surface area contributed by atoms with E-state index in [4.69, 9.17) is 16.2 Å². The predicted molar refractivity (Wildman–Crippen MR) is 168 cm³/mol. The Bertz CT molecular complexity index is 1390. The number of hydrogen-bond acceptors (Lipinski definition) is 6. The Labute approximate surface area is 264 Å². The molecule has 6 N–H and O–H groups in total. The molecule has 0 bridgehead atoms. The van der Waals surface area contributed by atoms with Gasteiger partial charge < -0.3 is 25.6 Å². The molecule has 0 aliphatic carbocycles. The SMILES string of the molecule is CS(=O)(=O)N1CCC([C@H]2C[C@@H](c3ncc(-c4ccc(NC(=O)O)cc4)[nH]3)N(C(=O)C3CCN(C(=N)N)CC3)C2)CC1.Cl.Cl. The average molecular weight is 660 g/mol. The number of benzene rings is 1. The van der Waals surface area contributed by atoms with Crippen molar-refractivity contribution in [3.05, 3.63) is 36.3 Å². The minimum absolute atomic E-state index is 0. The number of carboxylic acid groups (broad SMARTS) is 1. The van der Waals surface area contributed by atoms with E-state index >= 15 is 0 Å². The smallest absolute Gasteiger partial charge is 0.409 e. The summed E-state index contributed by atoms with van der Waals surface area (Å²) in [6.45, 7) is 2.76. The number of nitrogens with two attached hydrogens (primary N) is 1. The molecule has 2 atom stereocenters. The largest absolute Gasteiger partial charge is 0.465 e. The quantitative estimate of drug-likeness (QED) is 0.231.